The lowest BCUT2D eigenvalue weighted by molar-refractivity contribution is 0.0977. The van der Waals surface area contributed by atoms with Crippen LogP contribution in [-0.2, 0) is 0 Å². The summed E-state index contributed by atoms with van der Waals surface area (Å²) in [5, 5.41) is 0. The molecular weight excluding hydrogens is 292 g/mol. The van der Waals surface area contributed by atoms with Crippen molar-refractivity contribution in [2.24, 2.45) is 16.5 Å². The van der Waals surface area contributed by atoms with Crippen molar-refractivity contribution < 1.29 is 9.21 Å². The maximum atomic E-state index is 12.2. The number of benzene rings is 1. The Labute approximate surface area is 133 Å². The maximum Gasteiger partial charge on any atom is 0.318 e. The highest BCUT2D eigenvalue weighted by molar-refractivity contribution is 6.02. The van der Waals surface area contributed by atoms with E-state index >= 15 is 0 Å². The minimum atomic E-state index is -0.617. The van der Waals surface area contributed by atoms with E-state index in [1.54, 1.807) is 10.6 Å². The number of aryl methyl sites for hydroxylation is 1. The van der Waals surface area contributed by atoms with E-state index in [1.807, 2.05) is 55.7 Å². The van der Waals surface area contributed by atoms with E-state index in [9.17, 15) is 4.79 Å². The van der Waals surface area contributed by atoms with Gasteiger partial charge in [0.15, 0.2) is 5.96 Å². The molecule has 3 aromatic rings. The number of guanidine groups is 1. The van der Waals surface area contributed by atoms with Crippen LogP contribution in [0, 0.1) is 6.92 Å². The van der Waals surface area contributed by atoms with E-state index in [4.69, 9.17) is 15.9 Å². The molecule has 0 aliphatic rings. The van der Waals surface area contributed by atoms with Gasteiger partial charge in [-0.2, -0.15) is 4.99 Å². The number of nitrogens with two attached hydrogens (primary N) is 2. The lowest BCUT2D eigenvalue weighted by atomic mass is 10.1. The lowest BCUT2D eigenvalue weighted by Gasteiger charge is -2.00. The highest BCUT2D eigenvalue weighted by Crippen LogP contribution is 2.30. The highest BCUT2D eigenvalue weighted by Gasteiger charge is 2.20. The summed E-state index contributed by atoms with van der Waals surface area (Å²) >= 11 is 0. The first-order chi connectivity index (χ1) is 11.1. The number of aliphatic imine (C=N–C) groups is 1. The van der Waals surface area contributed by atoms with Crippen LogP contribution >= 0.6 is 0 Å². The molecule has 116 valence electrons. The van der Waals surface area contributed by atoms with Gasteiger partial charge in [-0.05, 0) is 24.6 Å². The molecule has 6 heteroatoms. The molecule has 0 unspecified atom stereocenters. The predicted octanol–water partition coefficient (Wildman–Crippen LogP) is 2.46. The molecule has 4 N–H and O–H groups in total. The summed E-state index contributed by atoms with van der Waals surface area (Å²) in [6.45, 7) is 1.98. The Morgan fingerprint density at radius 3 is 2.48 bits per heavy atom. The van der Waals surface area contributed by atoms with Crippen molar-refractivity contribution in [3.63, 3.8) is 0 Å². The second-order valence-electron chi connectivity index (χ2n) is 5.07. The van der Waals surface area contributed by atoms with Gasteiger partial charge in [0.05, 0.1) is 5.69 Å². The van der Waals surface area contributed by atoms with Gasteiger partial charge >= 0.3 is 5.91 Å². The minimum absolute atomic E-state index is 0.0906. The highest BCUT2D eigenvalue weighted by atomic mass is 16.4. The summed E-state index contributed by atoms with van der Waals surface area (Å²) in [5.41, 5.74) is 13.1. The normalized spacial score (nSPS) is 10.5. The van der Waals surface area contributed by atoms with Crippen molar-refractivity contribution in [1.82, 2.24) is 4.57 Å². The van der Waals surface area contributed by atoms with Crippen molar-refractivity contribution in [3.05, 3.63) is 66.2 Å². The summed E-state index contributed by atoms with van der Waals surface area (Å²) in [7, 11) is 0. The van der Waals surface area contributed by atoms with Crippen LogP contribution in [0.4, 0.5) is 0 Å². The molecule has 0 aliphatic heterocycles. The predicted molar refractivity (Wildman–Crippen MR) is 88.3 cm³/mol. The van der Waals surface area contributed by atoms with Crippen molar-refractivity contribution in [3.8, 4) is 17.0 Å². The number of amides is 1. The van der Waals surface area contributed by atoms with E-state index in [0.29, 0.717) is 11.4 Å². The number of aromatic nitrogens is 1. The third-order valence-corrected chi connectivity index (χ3v) is 3.43. The van der Waals surface area contributed by atoms with Gasteiger partial charge in [-0.15, -0.1) is 0 Å². The van der Waals surface area contributed by atoms with Gasteiger partial charge in [0.1, 0.15) is 5.76 Å². The topological polar surface area (TPSA) is 99.5 Å². The molecule has 0 bridgehead atoms. The lowest BCUT2D eigenvalue weighted by Crippen LogP contribution is -2.24. The Morgan fingerprint density at radius 2 is 1.83 bits per heavy atom. The summed E-state index contributed by atoms with van der Waals surface area (Å²) < 4.78 is 7.56. The third kappa shape index (κ3) is 2.87. The Hall–Kier alpha value is -3.28. The number of hydrogen-bond acceptors (Lipinski definition) is 2. The number of nitrogens with zero attached hydrogens (tertiary/aromatic N) is 2. The first-order valence-electron chi connectivity index (χ1n) is 7.03. The van der Waals surface area contributed by atoms with Gasteiger partial charge in [0.25, 0.3) is 0 Å². The molecule has 0 atom stereocenters. The zero-order chi connectivity index (χ0) is 16.4. The fraction of sp³-hybridized carbons (Fsp3) is 0.0588. The largest absolute Gasteiger partial charge is 0.449 e. The van der Waals surface area contributed by atoms with Gasteiger partial charge < -0.3 is 20.5 Å². The molecule has 0 saturated carbocycles. The van der Waals surface area contributed by atoms with Crippen molar-refractivity contribution >= 4 is 11.9 Å². The second kappa shape index (κ2) is 5.84. The van der Waals surface area contributed by atoms with Gasteiger partial charge in [-0.25, -0.2) is 0 Å². The molecule has 3 rings (SSSR count). The quantitative estimate of drug-likeness (QED) is 0.573. The second-order valence-corrected chi connectivity index (χ2v) is 5.07. The summed E-state index contributed by atoms with van der Waals surface area (Å²) in [6, 6.07) is 13.3. The summed E-state index contributed by atoms with van der Waals surface area (Å²) in [6.07, 6.45) is 3.64. The molecule has 23 heavy (non-hydrogen) atoms. The Bertz CT molecular complexity index is 872. The van der Waals surface area contributed by atoms with Crippen LogP contribution in [0.2, 0.25) is 0 Å². The van der Waals surface area contributed by atoms with Gasteiger partial charge in [0, 0.05) is 24.0 Å². The smallest absolute Gasteiger partial charge is 0.318 e. The van der Waals surface area contributed by atoms with Crippen LogP contribution in [0.25, 0.3) is 17.0 Å². The van der Waals surface area contributed by atoms with Gasteiger partial charge in [0.2, 0.25) is 5.76 Å². The molecule has 0 fully saturated rings. The van der Waals surface area contributed by atoms with Gasteiger partial charge in [-0.1, -0.05) is 24.3 Å². The van der Waals surface area contributed by atoms with Crippen molar-refractivity contribution in [2.45, 2.75) is 6.92 Å². The van der Waals surface area contributed by atoms with E-state index in [2.05, 4.69) is 4.99 Å². The summed E-state index contributed by atoms with van der Waals surface area (Å²) in [5.74, 6) is -0.246. The number of carbonyl (C=O) groups is 1. The molecule has 1 amide bonds. The van der Waals surface area contributed by atoms with E-state index in [1.165, 1.54) is 0 Å². The zero-order valence-electron chi connectivity index (χ0n) is 12.6. The van der Waals surface area contributed by atoms with E-state index in [-0.39, 0.29) is 11.7 Å². The standard InChI is InChI=1S/C17H16N4O2/c1-11-6-2-3-7-12(11)14-10-13(21-8-4-5-9-21)15(23-14)16(22)20-17(18)19/h2-10H,1H3,(H4,18,19,20,22). The van der Waals surface area contributed by atoms with Crippen LogP contribution in [0.3, 0.4) is 0 Å². The number of carbonyl (C=O) groups excluding carboxylic acids is 1. The van der Waals surface area contributed by atoms with Gasteiger partial charge in [-0.3, -0.25) is 4.79 Å². The fourth-order valence-corrected chi connectivity index (χ4v) is 2.37. The Balaban J connectivity index is 2.17. The minimum Gasteiger partial charge on any atom is -0.449 e. The average molecular weight is 308 g/mol. The van der Waals surface area contributed by atoms with Crippen LogP contribution in [0.5, 0.6) is 0 Å². The monoisotopic (exact) mass is 308 g/mol. The van der Waals surface area contributed by atoms with Crippen LogP contribution in [-0.4, -0.2) is 16.4 Å². The molecule has 0 spiro atoms. The van der Waals surface area contributed by atoms with Crippen LogP contribution < -0.4 is 11.5 Å². The summed E-state index contributed by atoms with van der Waals surface area (Å²) in [4.78, 5) is 15.8. The maximum absolute atomic E-state index is 12.2. The molecule has 0 saturated heterocycles. The van der Waals surface area contributed by atoms with E-state index in [0.717, 1.165) is 11.1 Å². The number of hydrogen-bond donors (Lipinski definition) is 2. The molecular formula is C17H16N4O2. The Morgan fingerprint density at radius 1 is 1.13 bits per heavy atom. The van der Waals surface area contributed by atoms with E-state index < -0.39 is 5.91 Å². The van der Waals surface area contributed by atoms with Crippen molar-refractivity contribution in [1.29, 1.82) is 0 Å². The third-order valence-electron chi connectivity index (χ3n) is 3.43. The first kappa shape index (κ1) is 14.6. The van der Waals surface area contributed by atoms with Crippen molar-refractivity contribution in [2.75, 3.05) is 0 Å². The zero-order valence-corrected chi connectivity index (χ0v) is 12.6. The molecule has 6 nitrogen and oxygen atoms in total. The molecule has 2 aromatic heterocycles. The molecule has 1 aromatic carbocycles. The molecule has 0 radical (unpaired) electrons. The number of furan rings is 1. The van der Waals surface area contributed by atoms with Crippen LogP contribution in [0.15, 0.2) is 64.3 Å². The number of rotatable bonds is 3. The first-order valence-corrected chi connectivity index (χ1v) is 7.03. The average Bonchev–Trinajstić information content (AvgIpc) is 3.16. The SMILES string of the molecule is Cc1ccccc1-c1cc(-n2cccc2)c(C(=O)N=C(N)N)o1. The molecule has 2 heterocycles. The van der Waals surface area contributed by atoms with Crippen LogP contribution in [0.1, 0.15) is 16.1 Å². The Kier molecular flexibility index (Phi) is 3.72. The fourth-order valence-electron chi connectivity index (χ4n) is 2.37. The molecule has 0 aliphatic carbocycles.